The molecule has 1 saturated carbocycles. The second-order valence-electron chi connectivity index (χ2n) is 5.37. The number of hydrogen-bond acceptors (Lipinski definition) is 5. The van der Waals surface area contributed by atoms with Crippen LogP contribution in [0.1, 0.15) is 51.3 Å². The quantitative estimate of drug-likeness (QED) is 0.675. The topological polar surface area (TPSA) is 69.0 Å². The molecule has 1 N–H and O–H groups in total. The molecule has 1 aromatic heterocycles. The van der Waals surface area contributed by atoms with Crippen molar-refractivity contribution in [2.24, 2.45) is 7.05 Å². The van der Waals surface area contributed by atoms with E-state index in [-0.39, 0.29) is 5.97 Å². The van der Waals surface area contributed by atoms with E-state index in [9.17, 15) is 4.79 Å². The van der Waals surface area contributed by atoms with Crippen LogP contribution in [0.2, 0.25) is 0 Å². The number of aromatic nitrogens is 3. The summed E-state index contributed by atoms with van der Waals surface area (Å²) in [5.41, 5.74) is -0.636. The van der Waals surface area contributed by atoms with Crippen LogP contribution in [-0.2, 0) is 22.0 Å². The smallest absolute Gasteiger partial charge is 0.319 e. The molecule has 0 amide bonds. The number of rotatable bonds is 4. The van der Waals surface area contributed by atoms with Crippen molar-refractivity contribution >= 4 is 11.9 Å². The minimum atomic E-state index is -0.636. The maximum absolute atomic E-state index is 12.6. The van der Waals surface area contributed by atoms with Crippen LogP contribution in [0.15, 0.2) is 0 Å². The van der Waals surface area contributed by atoms with Crippen LogP contribution < -0.4 is 5.32 Å². The zero-order valence-corrected chi connectivity index (χ0v) is 12.6. The highest BCUT2D eigenvalue weighted by atomic mass is 16.5. The molecule has 1 aliphatic rings. The molecule has 1 heterocycles. The SMILES string of the molecule is CCOC(=O)C1(c2nnc(NC)n2C)CCCCCC1. The molecule has 1 aliphatic carbocycles. The van der Waals surface area contributed by atoms with E-state index in [1.54, 1.807) is 7.05 Å². The van der Waals surface area contributed by atoms with Crippen molar-refractivity contribution in [2.75, 3.05) is 19.0 Å². The molecule has 6 nitrogen and oxygen atoms in total. The summed E-state index contributed by atoms with van der Waals surface area (Å²) in [6.45, 7) is 2.25. The predicted octanol–water partition coefficient (Wildman–Crippen LogP) is 2.01. The first-order valence-electron chi connectivity index (χ1n) is 7.40. The Morgan fingerprint density at radius 3 is 2.45 bits per heavy atom. The fourth-order valence-corrected chi connectivity index (χ4v) is 3.08. The third-order valence-electron chi connectivity index (χ3n) is 4.15. The normalized spacial score (nSPS) is 18.4. The van der Waals surface area contributed by atoms with Gasteiger partial charge in [-0.25, -0.2) is 0 Å². The molecule has 0 bridgehead atoms. The van der Waals surface area contributed by atoms with Crippen LogP contribution in [0.4, 0.5) is 5.95 Å². The maximum Gasteiger partial charge on any atom is 0.319 e. The standard InChI is InChI=1S/C14H24N4O2/c1-4-20-12(19)14(9-7-5-6-8-10-14)11-16-17-13(15-2)18(11)3/h4-10H2,1-3H3,(H,15,17). The van der Waals surface area contributed by atoms with E-state index in [2.05, 4.69) is 15.5 Å². The summed E-state index contributed by atoms with van der Waals surface area (Å²) in [6, 6.07) is 0. The van der Waals surface area contributed by atoms with E-state index in [1.165, 1.54) is 0 Å². The van der Waals surface area contributed by atoms with Gasteiger partial charge in [0.25, 0.3) is 0 Å². The Bertz CT molecular complexity index is 462. The van der Waals surface area contributed by atoms with Gasteiger partial charge in [-0.3, -0.25) is 9.36 Å². The van der Waals surface area contributed by atoms with Crippen molar-refractivity contribution in [3.63, 3.8) is 0 Å². The Labute approximate surface area is 119 Å². The lowest BCUT2D eigenvalue weighted by Gasteiger charge is -2.29. The Balaban J connectivity index is 2.43. The molecule has 0 atom stereocenters. The van der Waals surface area contributed by atoms with Gasteiger partial charge in [-0.15, -0.1) is 10.2 Å². The van der Waals surface area contributed by atoms with E-state index in [1.807, 2.05) is 18.5 Å². The largest absolute Gasteiger partial charge is 0.465 e. The number of carbonyl (C=O) groups is 1. The third kappa shape index (κ3) is 2.51. The molecule has 0 spiro atoms. The van der Waals surface area contributed by atoms with E-state index in [4.69, 9.17) is 4.74 Å². The molecular weight excluding hydrogens is 256 g/mol. The second kappa shape index (κ2) is 6.24. The maximum atomic E-state index is 12.6. The molecule has 0 radical (unpaired) electrons. The number of hydrogen-bond donors (Lipinski definition) is 1. The molecule has 2 rings (SSSR count). The monoisotopic (exact) mass is 280 g/mol. The van der Waals surface area contributed by atoms with Gasteiger partial charge in [-0.2, -0.15) is 0 Å². The number of carbonyl (C=O) groups excluding carboxylic acids is 1. The van der Waals surface area contributed by atoms with Gasteiger partial charge in [0, 0.05) is 14.1 Å². The molecular formula is C14H24N4O2. The first-order chi connectivity index (χ1) is 9.65. The summed E-state index contributed by atoms with van der Waals surface area (Å²) in [5.74, 6) is 1.25. The number of esters is 1. The predicted molar refractivity (Wildman–Crippen MR) is 76.6 cm³/mol. The van der Waals surface area contributed by atoms with Gasteiger partial charge >= 0.3 is 5.97 Å². The number of ether oxygens (including phenoxy) is 1. The van der Waals surface area contributed by atoms with Crippen LogP contribution in [0.5, 0.6) is 0 Å². The van der Waals surface area contributed by atoms with Crippen molar-refractivity contribution in [3.05, 3.63) is 5.82 Å². The molecule has 0 aliphatic heterocycles. The van der Waals surface area contributed by atoms with E-state index in [0.717, 1.165) is 44.3 Å². The van der Waals surface area contributed by atoms with Gasteiger partial charge in [-0.05, 0) is 19.8 Å². The minimum absolute atomic E-state index is 0.153. The number of nitrogens with one attached hydrogen (secondary N) is 1. The first kappa shape index (κ1) is 14.8. The summed E-state index contributed by atoms with van der Waals surface area (Å²) < 4.78 is 7.23. The highest BCUT2D eigenvalue weighted by Crippen LogP contribution is 2.39. The second-order valence-corrected chi connectivity index (χ2v) is 5.37. The molecule has 112 valence electrons. The van der Waals surface area contributed by atoms with Crippen molar-refractivity contribution < 1.29 is 9.53 Å². The van der Waals surface area contributed by atoms with Crippen molar-refractivity contribution in [2.45, 2.75) is 50.9 Å². The average molecular weight is 280 g/mol. The summed E-state index contributed by atoms with van der Waals surface area (Å²) in [5, 5.41) is 11.4. The third-order valence-corrected chi connectivity index (χ3v) is 4.15. The van der Waals surface area contributed by atoms with Crippen LogP contribution >= 0.6 is 0 Å². The summed E-state index contributed by atoms with van der Waals surface area (Å²) >= 11 is 0. The lowest BCUT2D eigenvalue weighted by molar-refractivity contribution is -0.151. The molecule has 1 aromatic rings. The van der Waals surface area contributed by atoms with Crippen LogP contribution in [0.3, 0.4) is 0 Å². The molecule has 0 unspecified atom stereocenters. The molecule has 20 heavy (non-hydrogen) atoms. The van der Waals surface area contributed by atoms with Gasteiger partial charge in [0.05, 0.1) is 6.61 Å². The first-order valence-corrected chi connectivity index (χ1v) is 7.40. The Kier molecular flexibility index (Phi) is 4.62. The lowest BCUT2D eigenvalue weighted by atomic mass is 9.79. The zero-order valence-electron chi connectivity index (χ0n) is 12.6. The number of anilines is 1. The molecule has 6 heteroatoms. The Morgan fingerprint density at radius 1 is 1.30 bits per heavy atom. The van der Waals surface area contributed by atoms with Gasteiger partial charge < -0.3 is 10.1 Å². The summed E-state index contributed by atoms with van der Waals surface area (Å²) in [7, 11) is 3.70. The zero-order chi connectivity index (χ0) is 14.6. The van der Waals surface area contributed by atoms with Crippen LogP contribution in [-0.4, -0.2) is 34.4 Å². The highest BCUT2D eigenvalue weighted by molar-refractivity contribution is 5.82. The fourth-order valence-electron chi connectivity index (χ4n) is 3.08. The van der Waals surface area contributed by atoms with Crippen molar-refractivity contribution in [1.82, 2.24) is 14.8 Å². The summed E-state index contributed by atoms with van der Waals surface area (Å²) in [4.78, 5) is 12.6. The molecule has 0 aromatic carbocycles. The van der Waals surface area contributed by atoms with E-state index in [0.29, 0.717) is 12.6 Å². The van der Waals surface area contributed by atoms with E-state index < -0.39 is 5.41 Å². The molecule has 1 fully saturated rings. The van der Waals surface area contributed by atoms with Crippen LogP contribution in [0.25, 0.3) is 0 Å². The van der Waals surface area contributed by atoms with Crippen LogP contribution in [0, 0.1) is 0 Å². The highest BCUT2D eigenvalue weighted by Gasteiger charge is 2.45. The van der Waals surface area contributed by atoms with Gasteiger partial charge in [0.2, 0.25) is 5.95 Å². The van der Waals surface area contributed by atoms with Crippen molar-refractivity contribution in [1.29, 1.82) is 0 Å². The Morgan fingerprint density at radius 2 is 1.95 bits per heavy atom. The van der Waals surface area contributed by atoms with Gasteiger partial charge in [-0.1, -0.05) is 25.7 Å². The van der Waals surface area contributed by atoms with Crippen molar-refractivity contribution in [3.8, 4) is 0 Å². The Hall–Kier alpha value is -1.59. The lowest BCUT2D eigenvalue weighted by Crippen LogP contribution is -2.39. The minimum Gasteiger partial charge on any atom is -0.465 e. The molecule has 0 saturated heterocycles. The number of nitrogens with zero attached hydrogens (tertiary/aromatic N) is 3. The summed E-state index contributed by atoms with van der Waals surface area (Å²) in [6.07, 6.45) is 5.97. The van der Waals surface area contributed by atoms with E-state index >= 15 is 0 Å². The average Bonchev–Trinajstić information content (AvgIpc) is 2.67. The fraction of sp³-hybridized carbons (Fsp3) is 0.786. The van der Waals surface area contributed by atoms with Gasteiger partial charge in [0.15, 0.2) is 5.82 Å². The van der Waals surface area contributed by atoms with Gasteiger partial charge in [0.1, 0.15) is 5.41 Å².